The van der Waals surface area contributed by atoms with E-state index in [2.05, 4.69) is 0 Å². The minimum atomic E-state index is -2.28. The molecule has 0 saturated carbocycles. The van der Waals surface area contributed by atoms with Crippen molar-refractivity contribution in [2.45, 2.75) is 19.1 Å². The maximum Gasteiger partial charge on any atom is 0.221 e. The molecule has 0 amide bonds. The second-order valence-electron chi connectivity index (χ2n) is 2.47. The van der Waals surface area contributed by atoms with Crippen LogP contribution < -0.4 is 0 Å². The van der Waals surface area contributed by atoms with Gasteiger partial charge in [-0.2, -0.15) is 0 Å². The smallest absolute Gasteiger partial charge is 0.221 e. The number of carbonyl (C=O) groups is 1. The van der Waals surface area contributed by atoms with Gasteiger partial charge >= 0.3 is 0 Å². The summed E-state index contributed by atoms with van der Waals surface area (Å²) >= 11 is 0. The number of rotatable bonds is 4. The third-order valence-corrected chi connectivity index (χ3v) is 1.92. The molecule has 0 bridgehead atoms. The summed E-state index contributed by atoms with van der Waals surface area (Å²) in [6.45, 7) is 0.994. The Morgan fingerprint density at radius 1 is 1.55 bits per heavy atom. The number of carbonyl (C=O) groups excluding carboxylic acids is 1. The van der Waals surface area contributed by atoms with Crippen molar-refractivity contribution in [1.29, 1.82) is 0 Å². The Bertz CT molecular complexity index is 170. The highest BCUT2D eigenvalue weighted by Gasteiger charge is 2.25. The predicted octanol–water partition coefficient (Wildman–Crippen LogP) is -0.975. The fourth-order valence-electron chi connectivity index (χ4n) is 0.473. The Morgan fingerprint density at radius 3 is 2.27 bits per heavy atom. The fourth-order valence-corrected chi connectivity index (χ4v) is 0.946. The van der Waals surface area contributed by atoms with E-state index in [1.165, 1.54) is 6.26 Å². The summed E-state index contributed by atoms with van der Waals surface area (Å²) in [6.07, 6.45) is 1.39. The Kier molecular flexibility index (Phi) is 3.85. The molecule has 0 saturated heterocycles. The maximum atomic E-state index is 10.7. The Hall–Kier alpha value is -0.260. The van der Waals surface area contributed by atoms with Gasteiger partial charge in [0.2, 0.25) is 5.79 Å². The lowest BCUT2D eigenvalue weighted by molar-refractivity contribution is -0.175. The number of aliphatic hydroxyl groups is 2. The summed E-state index contributed by atoms with van der Waals surface area (Å²) in [5.74, 6) is -2.80. The molecule has 0 aromatic carbocycles. The lowest BCUT2D eigenvalue weighted by Gasteiger charge is -2.12. The highest BCUT2D eigenvalue weighted by molar-refractivity contribution is 7.84. The van der Waals surface area contributed by atoms with Gasteiger partial charge in [-0.05, 0) is 6.92 Å². The topological polar surface area (TPSA) is 74.6 Å². The molecule has 1 atom stereocenters. The van der Waals surface area contributed by atoms with E-state index in [0.717, 1.165) is 6.92 Å². The first-order chi connectivity index (χ1) is 4.84. The van der Waals surface area contributed by atoms with Crippen LogP contribution in [0.3, 0.4) is 0 Å². The summed E-state index contributed by atoms with van der Waals surface area (Å²) in [4.78, 5) is 10.7. The van der Waals surface area contributed by atoms with Crippen molar-refractivity contribution in [2.24, 2.45) is 0 Å². The minimum Gasteiger partial charge on any atom is -0.360 e. The van der Waals surface area contributed by atoms with Gasteiger partial charge in [0.05, 0.1) is 0 Å². The average Bonchev–Trinajstić information content (AvgIpc) is 1.80. The number of Topliss-reactive ketones (excluding diaryl/α,β-unsaturated/α-hetero) is 1. The number of ketones is 1. The van der Waals surface area contributed by atoms with Gasteiger partial charge in [0.25, 0.3) is 0 Å². The van der Waals surface area contributed by atoms with Crippen LogP contribution in [-0.2, 0) is 15.6 Å². The molecule has 0 radical (unpaired) electrons. The summed E-state index contributed by atoms with van der Waals surface area (Å²) in [5.41, 5.74) is 0. The zero-order chi connectivity index (χ0) is 9.07. The van der Waals surface area contributed by atoms with E-state index in [1.807, 2.05) is 0 Å². The van der Waals surface area contributed by atoms with E-state index in [1.54, 1.807) is 0 Å². The van der Waals surface area contributed by atoms with Crippen LogP contribution in [0.5, 0.6) is 0 Å². The van der Waals surface area contributed by atoms with Crippen LogP contribution in [0.4, 0.5) is 0 Å². The first-order valence-electron chi connectivity index (χ1n) is 3.12. The van der Waals surface area contributed by atoms with Crippen LogP contribution in [-0.4, -0.2) is 38.0 Å². The van der Waals surface area contributed by atoms with Crippen LogP contribution in [0.15, 0.2) is 0 Å². The molecule has 0 aliphatic heterocycles. The molecule has 66 valence electrons. The van der Waals surface area contributed by atoms with Gasteiger partial charge in [-0.1, -0.05) is 0 Å². The van der Waals surface area contributed by atoms with Gasteiger partial charge in [-0.3, -0.25) is 9.00 Å². The highest BCUT2D eigenvalue weighted by atomic mass is 32.2. The molecule has 0 aliphatic rings. The second kappa shape index (κ2) is 3.94. The number of hydrogen-bond donors (Lipinski definition) is 2. The van der Waals surface area contributed by atoms with E-state index >= 15 is 0 Å². The van der Waals surface area contributed by atoms with E-state index in [0.29, 0.717) is 0 Å². The monoisotopic (exact) mass is 180 g/mol. The van der Waals surface area contributed by atoms with Gasteiger partial charge in [-0.25, -0.2) is 0 Å². The first-order valence-corrected chi connectivity index (χ1v) is 4.85. The third-order valence-electron chi connectivity index (χ3n) is 1.14. The van der Waals surface area contributed by atoms with Gasteiger partial charge < -0.3 is 10.2 Å². The van der Waals surface area contributed by atoms with E-state index < -0.39 is 22.4 Å². The maximum absolute atomic E-state index is 10.7. The van der Waals surface area contributed by atoms with E-state index in [4.69, 9.17) is 10.2 Å². The van der Waals surface area contributed by atoms with Gasteiger partial charge in [0.1, 0.15) is 0 Å². The van der Waals surface area contributed by atoms with Crippen molar-refractivity contribution in [3.05, 3.63) is 0 Å². The van der Waals surface area contributed by atoms with Crippen molar-refractivity contribution in [3.63, 3.8) is 0 Å². The molecule has 0 aliphatic carbocycles. The van der Waals surface area contributed by atoms with Crippen molar-refractivity contribution in [3.8, 4) is 0 Å². The Balaban J connectivity index is 3.80. The quantitative estimate of drug-likeness (QED) is 0.546. The highest BCUT2D eigenvalue weighted by Crippen LogP contribution is 2.02. The zero-order valence-corrected chi connectivity index (χ0v) is 7.35. The lowest BCUT2D eigenvalue weighted by Crippen LogP contribution is -2.35. The van der Waals surface area contributed by atoms with E-state index in [9.17, 15) is 9.00 Å². The molecule has 0 rings (SSSR count). The van der Waals surface area contributed by atoms with Crippen molar-refractivity contribution in [2.75, 3.05) is 12.0 Å². The molecule has 4 nitrogen and oxygen atoms in total. The Morgan fingerprint density at radius 2 is 2.00 bits per heavy atom. The zero-order valence-electron chi connectivity index (χ0n) is 6.53. The summed E-state index contributed by atoms with van der Waals surface area (Å²) in [6, 6.07) is 0. The van der Waals surface area contributed by atoms with Crippen LogP contribution >= 0.6 is 0 Å². The van der Waals surface area contributed by atoms with Crippen LogP contribution in [0.25, 0.3) is 0 Å². The molecule has 0 fully saturated rings. The molecule has 2 N–H and O–H groups in total. The average molecular weight is 180 g/mol. The molecule has 11 heavy (non-hydrogen) atoms. The molecule has 1 unspecified atom stereocenters. The standard InChI is InChI=1S/C6H12O4S/c1-6(8,9)5(7)3-4-11(2)10/h8-9H,3-4H2,1-2H3. The summed E-state index contributed by atoms with van der Waals surface area (Å²) in [7, 11) is -1.06. The summed E-state index contributed by atoms with van der Waals surface area (Å²) < 4.78 is 10.5. The van der Waals surface area contributed by atoms with Crippen molar-refractivity contribution in [1.82, 2.24) is 0 Å². The first kappa shape index (κ1) is 10.7. The SMILES string of the molecule is CS(=O)CCC(=O)C(C)(O)O. The molecule has 0 spiro atoms. The lowest BCUT2D eigenvalue weighted by atomic mass is 10.1. The largest absolute Gasteiger partial charge is 0.360 e. The van der Waals surface area contributed by atoms with Crippen LogP contribution in [0, 0.1) is 0 Å². The van der Waals surface area contributed by atoms with E-state index in [-0.39, 0.29) is 12.2 Å². The molecular weight excluding hydrogens is 168 g/mol. The predicted molar refractivity (Wildman–Crippen MR) is 41.4 cm³/mol. The number of hydrogen-bond acceptors (Lipinski definition) is 4. The van der Waals surface area contributed by atoms with Gasteiger partial charge in [0.15, 0.2) is 5.78 Å². The molecule has 0 heterocycles. The minimum absolute atomic E-state index is 0.0629. The molecule has 0 aromatic rings. The second-order valence-corrected chi connectivity index (χ2v) is 4.03. The van der Waals surface area contributed by atoms with Crippen LogP contribution in [0.1, 0.15) is 13.3 Å². The van der Waals surface area contributed by atoms with Crippen LogP contribution in [0.2, 0.25) is 0 Å². The Labute approximate surface area is 67.7 Å². The molecular formula is C6H12O4S. The summed E-state index contributed by atoms with van der Waals surface area (Å²) in [5, 5.41) is 17.4. The fraction of sp³-hybridized carbons (Fsp3) is 0.833. The third kappa shape index (κ3) is 5.06. The van der Waals surface area contributed by atoms with Gasteiger partial charge in [0, 0.05) is 29.2 Å². The normalized spacial score (nSPS) is 14.5. The van der Waals surface area contributed by atoms with Gasteiger partial charge in [-0.15, -0.1) is 0 Å². The van der Waals surface area contributed by atoms with Crippen molar-refractivity contribution >= 4 is 16.6 Å². The van der Waals surface area contributed by atoms with Crippen molar-refractivity contribution < 1.29 is 19.2 Å². The molecule has 0 aromatic heterocycles. The molecule has 5 heteroatoms.